The maximum absolute atomic E-state index is 12.4. The zero-order valence-electron chi connectivity index (χ0n) is 14.9. The monoisotopic (exact) mass is 425 g/mol. The molecule has 0 aromatic heterocycles. The minimum absolute atomic E-state index is 0. The molecule has 1 aromatic carbocycles. The highest BCUT2D eigenvalue weighted by atomic mass is 35.5. The first-order valence-corrected chi connectivity index (χ1v) is 11.7. The molecule has 1 aliphatic heterocycles. The molecular weight excluding hydrogens is 398 g/mol. The highest BCUT2D eigenvalue weighted by Crippen LogP contribution is 2.19. The Balaban J connectivity index is 0.00000338. The molecule has 0 aliphatic carbocycles. The third-order valence-corrected chi connectivity index (χ3v) is 7.70. The van der Waals surface area contributed by atoms with Crippen molar-refractivity contribution in [3.63, 3.8) is 0 Å². The molecule has 0 bridgehead atoms. The van der Waals surface area contributed by atoms with Gasteiger partial charge in [0.25, 0.3) is 0 Å². The normalized spacial score (nSPS) is 17.0. The van der Waals surface area contributed by atoms with Crippen molar-refractivity contribution in [1.82, 2.24) is 14.3 Å². The summed E-state index contributed by atoms with van der Waals surface area (Å²) in [6.45, 7) is 4.77. The summed E-state index contributed by atoms with van der Waals surface area (Å²) in [7, 11) is -7.12. The van der Waals surface area contributed by atoms with Gasteiger partial charge in [0, 0.05) is 19.6 Å². The smallest absolute Gasteiger partial charge is 0.240 e. The Hall–Kier alpha value is -0.710. The van der Waals surface area contributed by atoms with E-state index >= 15 is 0 Å². The lowest BCUT2D eigenvalue weighted by Crippen LogP contribution is -2.43. The van der Waals surface area contributed by atoms with Crippen molar-refractivity contribution in [2.75, 3.05) is 38.5 Å². The van der Waals surface area contributed by atoms with Crippen LogP contribution in [0.5, 0.6) is 0 Å². The second-order valence-corrected chi connectivity index (χ2v) is 10.0. The molecule has 10 heteroatoms. The largest absolute Gasteiger partial charge is 0.317 e. The standard InChI is InChI=1S/C16H27N3O4S2.ClH/c1-2-17-14-15-8-11-19(12-9-15)24(20,21)13-10-18-25(22,23)16-6-4-3-5-7-16;/h3-7,15,17-18H,2,8-14H2,1H3;1H. The molecule has 0 radical (unpaired) electrons. The van der Waals surface area contributed by atoms with Gasteiger partial charge in [0.05, 0.1) is 10.6 Å². The molecule has 1 aliphatic rings. The van der Waals surface area contributed by atoms with Gasteiger partial charge < -0.3 is 5.32 Å². The van der Waals surface area contributed by atoms with E-state index in [4.69, 9.17) is 0 Å². The third-order valence-electron chi connectivity index (χ3n) is 4.36. The highest BCUT2D eigenvalue weighted by Gasteiger charge is 2.28. The molecule has 0 amide bonds. The van der Waals surface area contributed by atoms with Crippen LogP contribution in [0, 0.1) is 5.92 Å². The van der Waals surface area contributed by atoms with Crippen LogP contribution in [0.15, 0.2) is 35.2 Å². The lowest BCUT2D eigenvalue weighted by atomic mass is 9.98. The molecule has 0 spiro atoms. The number of nitrogens with one attached hydrogen (secondary N) is 2. The van der Waals surface area contributed by atoms with Gasteiger partial charge in [-0.15, -0.1) is 12.4 Å². The molecule has 26 heavy (non-hydrogen) atoms. The number of benzene rings is 1. The maximum atomic E-state index is 12.4. The van der Waals surface area contributed by atoms with Crippen LogP contribution in [-0.4, -0.2) is 59.6 Å². The van der Waals surface area contributed by atoms with Gasteiger partial charge in [-0.05, 0) is 44.0 Å². The van der Waals surface area contributed by atoms with E-state index in [2.05, 4.69) is 17.0 Å². The molecule has 0 saturated carbocycles. The second kappa shape index (κ2) is 10.6. The van der Waals surface area contributed by atoms with E-state index in [1.807, 2.05) is 0 Å². The molecular formula is C16H28ClN3O4S2. The fraction of sp³-hybridized carbons (Fsp3) is 0.625. The first-order valence-electron chi connectivity index (χ1n) is 8.58. The summed E-state index contributed by atoms with van der Waals surface area (Å²) in [4.78, 5) is 0.136. The maximum Gasteiger partial charge on any atom is 0.240 e. The molecule has 1 saturated heterocycles. The molecule has 150 valence electrons. The molecule has 0 atom stereocenters. The number of nitrogens with zero attached hydrogens (tertiary/aromatic N) is 1. The van der Waals surface area contributed by atoms with Gasteiger partial charge in [-0.25, -0.2) is 25.9 Å². The second-order valence-electron chi connectivity index (χ2n) is 6.18. The van der Waals surface area contributed by atoms with E-state index in [0.717, 1.165) is 25.9 Å². The fourth-order valence-electron chi connectivity index (χ4n) is 2.86. The van der Waals surface area contributed by atoms with E-state index in [1.165, 1.54) is 16.4 Å². The van der Waals surface area contributed by atoms with Crippen molar-refractivity contribution in [1.29, 1.82) is 0 Å². The SMILES string of the molecule is CCNCC1CCN(S(=O)(=O)CCNS(=O)(=O)c2ccccc2)CC1.Cl. The summed E-state index contributed by atoms with van der Waals surface area (Å²) in [6, 6.07) is 7.94. The van der Waals surface area contributed by atoms with E-state index in [0.29, 0.717) is 19.0 Å². The fourth-order valence-corrected chi connectivity index (χ4v) is 5.42. The van der Waals surface area contributed by atoms with Crippen molar-refractivity contribution in [2.45, 2.75) is 24.7 Å². The van der Waals surface area contributed by atoms with E-state index in [1.54, 1.807) is 18.2 Å². The van der Waals surface area contributed by atoms with Gasteiger partial charge in [0.1, 0.15) is 0 Å². The average Bonchev–Trinajstić information content (AvgIpc) is 2.61. The van der Waals surface area contributed by atoms with Crippen LogP contribution in [0.2, 0.25) is 0 Å². The number of halogens is 1. The van der Waals surface area contributed by atoms with Gasteiger partial charge in [0.15, 0.2) is 0 Å². The van der Waals surface area contributed by atoms with Crippen LogP contribution in [0.25, 0.3) is 0 Å². The third kappa shape index (κ3) is 6.79. The van der Waals surface area contributed by atoms with E-state index < -0.39 is 20.0 Å². The van der Waals surface area contributed by atoms with Gasteiger partial charge in [-0.1, -0.05) is 25.1 Å². The lowest BCUT2D eigenvalue weighted by Gasteiger charge is -2.31. The average molecular weight is 426 g/mol. The number of piperidine rings is 1. The summed E-state index contributed by atoms with van der Waals surface area (Å²) in [5.74, 6) is 0.278. The predicted molar refractivity (Wildman–Crippen MR) is 106 cm³/mol. The minimum Gasteiger partial charge on any atom is -0.317 e. The molecule has 0 unspecified atom stereocenters. The number of sulfonamides is 2. The first-order chi connectivity index (χ1) is 11.8. The highest BCUT2D eigenvalue weighted by molar-refractivity contribution is 7.90. The van der Waals surface area contributed by atoms with Crippen LogP contribution < -0.4 is 10.0 Å². The van der Waals surface area contributed by atoms with Gasteiger partial charge >= 0.3 is 0 Å². The van der Waals surface area contributed by atoms with Crippen LogP contribution in [-0.2, 0) is 20.0 Å². The Morgan fingerprint density at radius 1 is 1.08 bits per heavy atom. The molecule has 1 heterocycles. The molecule has 1 aromatic rings. The van der Waals surface area contributed by atoms with Crippen LogP contribution in [0.3, 0.4) is 0 Å². The number of hydrogen-bond acceptors (Lipinski definition) is 5. The van der Waals surface area contributed by atoms with Crippen molar-refractivity contribution in [2.24, 2.45) is 5.92 Å². The predicted octanol–water partition coefficient (Wildman–Crippen LogP) is 1.04. The van der Waals surface area contributed by atoms with E-state index in [9.17, 15) is 16.8 Å². The first kappa shape index (κ1) is 23.3. The Kier molecular flexibility index (Phi) is 9.49. The Bertz CT molecular complexity index is 734. The van der Waals surface area contributed by atoms with Crippen LogP contribution >= 0.6 is 12.4 Å². The van der Waals surface area contributed by atoms with Gasteiger partial charge in [-0.3, -0.25) is 0 Å². The molecule has 2 rings (SSSR count). The Labute approximate surface area is 163 Å². The van der Waals surface area contributed by atoms with E-state index in [-0.39, 0.29) is 29.6 Å². The summed E-state index contributed by atoms with van der Waals surface area (Å²) >= 11 is 0. The van der Waals surface area contributed by atoms with Crippen LogP contribution in [0.4, 0.5) is 0 Å². The minimum atomic E-state index is -3.67. The Morgan fingerprint density at radius 2 is 1.69 bits per heavy atom. The number of hydrogen-bond donors (Lipinski definition) is 2. The summed E-state index contributed by atoms with van der Waals surface area (Å²) in [6.07, 6.45) is 1.67. The quantitative estimate of drug-likeness (QED) is 0.616. The van der Waals surface area contributed by atoms with Crippen molar-refractivity contribution in [3.05, 3.63) is 30.3 Å². The molecule has 2 N–H and O–H groups in total. The molecule has 7 nitrogen and oxygen atoms in total. The zero-order chi connectivity index (χ0) is 18.3. The van der Waals surface area contributed by atoms with Gasteiger partial charge in [-0.2, -0.15) is 0 Å². The van der Waals surface area contributed by atoms with Crippen molar-refractivity contribution in [3.8, 4) is 0 Å². The summed E-state index contributed by atoms with van der Waals surface area (Å²) in [5, 5.41) is 3.29. The zero-order valence-corrected chi connectivity index (χ0v) is 17.4. The molecule has 1 fully saturated rings. The number of rotatable bonds is 9. The van der Waals surface area contributed by atoms with Gasteiger partial charge in [0.2, 0.25) is 20.0 Å². The van der Waals surface area contributed by atoms with Crippen molar-refractivity contribution < 1.29 is 16.8 Å². The topological polar surface area (TPSA) is 95.6 Å². The lowest BCUT2D eigenvalue weighted by molar-refractivity contribution is 0.268. The Morgan fingerprint density at radius 3 is 2.27 bits per heavy atom. The van der Waals surface area contributed by atoms with Crippen LogP contribution in [0.1, 0.15) is 19.8 Å². The summed E-state index contributed by atoms with van der Waals surface area (Å²) < 4.78 is 52.9. The van der Waals surface area contributed by atoms with Crippen molar-refractivity contribution >= 4 is 32.5 Å². The summed E-state index contributed by atoms with van der Waals surface area (Å²) in [5.41, 5.74) is 0.